The van der Waals surface area contributed by atoms with Crippen molar-refractivity contribution in [2.75, 3.05) is 13.2 Å². The summed E-state index contributed by atoms with van der Waals surface area (Å²) in [5.74, 6) is 0.937. The first-order chi connectivity index (χ1) is 10.1. The summed E-state index contributed by atoms with van der Waals surface area (Å²) in [5, 5.41) is 3.79. The topological polar surface area (TPSA) is 21.3 Å². The second kappa shape index (κ2) is 7.64. The second-order valence-electron chi connectivity index (χ2n) is 6.37. The van der Waals surface area contributed by atoms with Crippen molar-refractivity contribution in [1.82, 2.24) is 5.32 Å². The highest BCUT2D eigenvalue weighted by Gasteiger charge is 2.37. The van der Waals surface area contributed by atoms with Crippen molar-refractivity contribution in [2.45, 2.75) is 58.9 Å². The number of hydrogen-bond donors (Lipinski definition) is 1. The van der Waals surface area contributed by atoms with Gasteiger partial charge in [0, 0.05) is 6.04 Å². The molecule has 0 radical (unpaired) electrons. The quantitative estimate of drug-likeness (QED) is 0.701. The number of nitrogens with one attached hydrogen (secondary N) is 1. The van der Waals surface area contributed by atoms with Crippen molar-refractivity contribution >= 4 is 15.9 Å². The van der Waals surface area contributed by atoms with Gasteiger partial charge in [-0.15, -0.1) is 0 Å². The minimum atomic E-state index is 0.377. The molecule has 1 fully saturated rings. The number of rotatable bonds is 7. The highest BCUT2D eigenvalue weighted by molar-refractivity contribution is 9.10. The van der Waals surface area contributed by atoms with Gasteiger partial charge < -0.3 is 10.1 Å². The lowest BCUT2D eigenvalue weighted by Crippen LogP contribution is -2.35. The van der Waals surface area contributed by atoms with Crippen LogP contribution in [0.25, 0.3) is 0 Å². The van der Waals surface area contributed by atoms with E-state index in [1.165, 1.54) is 37.7 Å². The molecule has 0 amide bonds. The lowest BCUT2D eigenvalue weighted by Gasteiger charge is -2.35. The Morgan fingerprint density at radius 3 is 2.57 bits per heavy atom. The van der Waals surface area contributed by atoms with Gasteiger partial charge in [-0.25, -0.2) is 0 Å². The van der Waals surface area contributed by atoms with E-state index in [-0.39, 0.29) is 0 Å². The Labute approximate surface area is 137 Å². The van der Waals surface area contributed by atoms with Crippen LogP contribution < -0.4 is 10.1 Å². The Hall–Kier alpha value is -0.540. The minimum Gasteiger partial charge on any atom is -0.493 e. The molecule has 0 heterocycles. The third-order valence-corrected chi connectivity index (χ3v) is 5.25. The van der Waals surface area contributed by atoms with Crippen LogP contribution in [0.3, 0.4) is 0 Å². The molecule has 3 heteroatoms. The van der Waals surface area contributed by atoms with Crippen LogP contribution >= 0.6 is 15.9 Å². The Bertz CT molecular complexity index is 455. The maximum Gasteiger partial charge on any atom is 0.133 e. The Kier molecular flexibility index (Phi) is 6.12. The van der Waals surface area contributed by atoms with Crippen LogP contribution in [0, 0.1) is 5.41 Å². The van der Waals surface area contributed by atoms with Crippen molar-refractivity contribution in [2.24, 2.45) is 5.41 Å². The summed E-state index contributed by atoms with van der Waals surface area (Å²) >= 11 is 3.66. The van der Waals surface area contributed by atoms with Gasteiger partial charge in [0.1, 0.15) is 5.75 Å². The molecule has 0 aliphatic heterocycles. The summed E-state index contributed by atoms with van der Waals surface area (Å²) in [6.45, 7) is 8.47. The molecule has 1 aromatic rings. The first-order valence-electron chi connectivity index (χ1n) is 8.26. The molecular formula is C18H28BrNO. The van der Waals surface area contributed by atoms with Crippen LogP contribution in [-0.4, -0.2) is 13.2 Å². The summed E-state index contributed by atoms with van der Waals surface area (Å²) in [5.41, 5.74) is 1.75. The van der Waals surface area contributed by atoms with E-state index < -0.39 is 0 Å². The summed E-state index contributed by atoms with van der Waals surface area (Å²) in [7, 11) is 0. The Morgan fingerprint density at radius 2 is 2.00 bits per heavy atom. The van der Waals surface area contributed by atoms with Gasteiger partial charge in [-0.1, -0.05) is 32.8 Å². The molecule has 1 saturated carbocycles. The molecule has 1 aliphatic rings. The number of halogens is 1. The van der Waals surface area contributed by atoms with E-state index in [0.29, 0.717) is 18.1 Å². The zero-order chi connectivity index (χ0) is 15.3. The SMILES string of the molecule is CCCNC(c1ccc(OCC)c(Br)c1)C1(C)CCCC1. The van der Waals surface area contributed by atoms with Gasteiger partial charge >= 0.3 is 0 Å². The molecule has 1 N–H and O–H groups in total. The highest BCUT2D eigenvalue weighted by atomic mass is 79.9. The van der Waals surface area contributed by atoms with E-state index in [4.69, 9.17) is 4.74 Å². The van der Waals surface area contributed by atoms with E-state index in [2.05, 4.69) is 53.3 Å². The predicted octanol–water partition coefficient (Wildman–Crippen LogP) is 5.47. The Morgan fingerprint density at radius 1 is 1.29 bits per heavy atom. The zero-order valence-corrected chi connectivity index (χ0v) is 15.1. The van der Waals surface area contributed by atoms with Gasteiger partial charge in [-0.3, -0.25) is 0 Å². The van der Waals surface area contributed by atoms with Crippen LogP contribution in [0.15, 0.2) is 22.7 Å². The van der Waals surface area contributed by atoms with Gasteiger partial charge in [0.25, 0.3) is 0 Å². The average Bonchev–Trinajstić information content (AvgIpc) is 2.90. The molecule has 0 spiro atoms. The van der Waals surface area contributed by atoms with Crippen molar-refractivity contribution < 1.29 is 4.74 Å². The lowest BCUT2D eigenvalue weighted by molar-refractivity contribution is 0.223. The normalized spacial score (nSPS) is 18.7. The summed E-state index contributed by atoms with van der Waals surface area (Å²) < 4.78 is 6.70. The molecule has 1 unspecified atom stereocenters. The molecule has 2 rings (SSSR count). The van der Waals surface area contributed by atoms with E-state index in [9.17, 15) is 0 Å². The largest absolute Gasteiger partial charge is 0.493 e. The fourth-order valence-electron chi connectivity index (χ4n) is 3.50. The van der Waals surface area contributed by atoms with E-state index in [1.54, 1.807) is 0 Å². The Balaban J connectivity index is 2.25. The molecule has 21 heavy (non-hydrogen) atoms. The fourth-order valence-corrected chi connectivity index (χ4v) is 4.01. The van der Waals surface area contributed by atoms with Crippen LogP contribution in [0.4, 0.5) is 0 Å². The van der Waals surface area contributed by atoms with Crippen molar-refractivity contribution in [3.63, 3.8) is 0 Å². The molecule has 0 aromatic heterocycles. The van der Waals surface area contributed by atoms with Crippen LogP contribution in [0.2, 0.25) is 0 Å². The minimum absolute atomic E-state index is 0.377. The molecule has 1 aliphatic carbocycles. The highest BCUT2D eigenvalue weighted by Crippen LogP contribution is 2.47. The first kappa shape index (κ1) is 16.8. The predicted molar refractivity (Wildman–Crippen MR) is 92.9 cm³/mol. The number of ether oxygens (including phenoxy) is 1. The first-order valence-corrected chi connectivity index (χ1v) is 9.05. The molecule has 1 atom stereocenters. The third-order valence-electron chi connectivity index (χ3n) is 4.63. The molecule has 0 saturated heterocycles. The lowest BCUT2D eigenvalue weighted by atomic mass is 9.77. The molecule has 1 aromatic carbocycles. The van der Waals surface area contributed by atoms with Gasteiger partial charge in [-0.2, -0.15) is 0 Å². The molecule has 2 nitrogen and oxygen atoms in total. The zero-order valence-electron chi connectivity index (χ0n) is 13.5. The third kappa shape index (κ3) is 4.01. The number of benzene rings is 1. The van der Waals surface area contributed by atoms with E-state index in [0.717, 1.165) is 16.8 Å². The monoisotopic (exact) mass is 353 g/mol. The van der Waals surface area contributed by atoms with Crippen molar-refractivity contribution in [3.05, 3.63) is 28.2 Å². The van der Waals surface area contributed by atoms with Crippen LogP contribution in [-0.2, 0) is 0 Å². The van der Waals surface area contributed by atoms with Crippen LogP contribution in [0.5, 0.6) is 5.75 Å². The maximum atomic E-state index is 5.64. The summed E-state index contributed by atoms with van der Waals surface area (Å²) in [6.07, 6.45) is 6.53. The van der Waals surface area contributed by atoms with Crippen LogP contribution in [0.1, 0.15) is 64.5 Å². The van der Waals surface area contributed by atoms with E-state index in [1.807, 2.05) is 6.92 Å². The molecule has 118 valence electrons. The molecular weight excluding hydrogens is 326 g/mol. The number of hydrogen-bond acceptors (Lipinski definition) is 2. The smallest absolute Gasteiger partial charge is 0.133 e. The summed E-state index contributed by atoms with van der Waals surface area (Å²) in [6, 6.07) is 7.00. The van der Waals surface area contributed by atoms with Crippen molar-refractivity contribution in [1.29, 1.82) is 0 Å². The average molecular weight is 354 g/mol. The summed E-state index contributed by atoms with van der Waals surface area (Å²) in [4.78, 5) is 0. The van der Waals surface area contributed by atoms with Crippen molar-refractivity contribution in [3.8, 4) is 5.75 Å². The van der Waals surface area contributed by atoms with Gasteiger partial charge in [0.2, 0.25) is 0 Å². The standard InChI is InChI=1S/C18H28BrNO/c1-4-12-20-17(18(3)10-6-7-11-18)14-8-9-16(21-5-2)15(19)13-14/h8-9,13,17,20H,4-7,10-12H2,1-3H3. The van der Waals surface area contributed by atoms with Gasteiger partial charge in [0.05, 0.1) is 11.1 Å². The second-order valence-corrected chi connectivity index (χ2v) is 7.23. The van der Waals surface area contributed by atoms with Gasteiger partial charge in [0.15, 0.2) is 0 Å². The maximum absolute atomic E-state index is 5.64. The molecule has 0 bridgehead atoms. The van der Waals surface area contributed by atoms with E-state index >= 15 is 0 Å². The fraction of sp³-hybridized carbons (Fsp3) is 0.667. The van der Waals surface area contributed by atoms with Gasteiger partial charge in [-0.05, 0) is 71.8 Å².